The second kappa shape index (κ2) is 8.64. The molecule has 1 amide bonds. The lowest BCUT2D eigenvalue weighted by Crippen LogP contribution is -2.27. The van der Waals surface area contributed by atoms with E-state index in [4.69, 9.17) is 17.0 Å². The lowest BCUT2D eigenvalue weighted by molar-refractivity contribution is -0.113. The number of ether oxygens (including phenoxy) is 1. The zero-order valence-electron chi connectivity index (χ0n) is 15.8. The third kappa shape index (κ3) is 4.42. The first kappa shape index (κ1) is 19.4. The van der Waals surface area contributed by atoms with Crippen LogP contribution in [0.2, 0.25) is 0 Å². The summed E-state index contributed by atoms with van der Waals surface area (Å²) in [5.74, 6) is 0.694. The van der Waals surface area contributed by atoms with E-state index >= 15 is 0 Å². The van der Waals surface area contributed by atoms with Crippen molar-refractivity contribution < 1.29 is 9.53 Å². The first-order valence-corrected chi connectivity index (χ1v) is 10.5. The molecule has 1 aliphatic rings. The van der Waals surface area contributed by atoms with Crippen molar-refractivity contribution in [1.29, 1.82) is 0 Å². The van der Waals surface area contributed by atoms with Gasteiger partial charge in [-0.1, -0.05) is 84.6 Å². The summed E-state index contributed by atoms with van der Waals surface area (Å²) < 4.78 is 6.56. The second-order valence-corrected chi connectivity index (χ2v) is 8.27. The van der Waals surface area contributed by atoms with Gasteiger partial charge >= 0.3 is 0 Å². The topological polar surface area (TPSA) is 29.5 Å². The summed E-state index contributed by atoms with van der Waals surface area (Å²) in [6, 6.07) is 27.3. The number of hydrogen-bond donors (Lipinski definition) is 0. The molecule has 1 saturated heterocycles. The highest BCUT2D eigenvalue weighted by Crippen LogP contribution is 2.36. The molecule has 1 aliphatic heterocycles. The molecule has 3 nitrogen and oxygen atoms in total. The van der Waals surface area contributed by atoms with Gasteiger partial charge in [-0.15, -0.1) is 0 Å². The van der Waals surface area contributed by atoms with Crippen molar-refractivity contribution in [3.8, 4) is 5.75 Å². The highest BCUT2D eigenvalue weighted by Gasteiger charge is 2.33. The molecular formula is C24H19NO2S2. The molecule has 3 aromatic rings. The van der Waals surface area contributed by atoms with Gasteiger partial charge in [0.15, 0.2) is 4.32 Å². The zero-order valence-corrected chi connectivity index (χ0v) is 17.5. The Labute approximate surface area is 180 Å². The van der Waals surface area contributed by atoms with E-state index in [-0.39, 0.29) is 12.0 Å². The molecule has 5 heteroatoms. The van der Waals surface area contributed by atoms with E-state index in [0.29, 0.717) is 9.23 Å². The minimum Gasteiger partial charge on any atom is -0.486 e. The molecule has 144 valence electrons. The van der Waals surface area contributed by atoms with Crippen LogP contribution < -0.4 is 9.64 Å². The van der Waals surface area contributed by atoms with Gasteiger partial charge in [-0.2, -0.15) is 0 Å². The van der Waals surface area contributed by atoms with Crippen LogP contribution in [0.4, 0.5) is 5.69 Å². The number of amides is 1. The summed E-state index contributed by atoms with van der Waals surface area (Å²) in [7, 11) is 0. The van der Waals surface area contributed by atoms with E-state index in [1.807, 2.05) is 97.9 Å². The highest BCUT2D eigenvalue weighted by molar-refractivity contribution is 8.27. The maximum atomic E-state index is 12.8. The minimum absolute atomic E-state index is 0.0378. The number of hydrogen-bond acceptors (Lipinski definition) is 4. The molecule has 1 fully saturated rings. The summed E-state index contributed by atoms with van der Waals surface area (Å²) in [6.07, 6.45) is 1.83. The van der Waals surface area contributed by atoms with Crippen molar-refractivity contribution in [3.05, 3.63) is 101 Å². The van der Waals surface area contributed by atoms with Crippen molar-refractivity contribution in [2.75, 3.05) is 4.90 Å². The standard InChI is InChI=1S/C24H19NO2S2/c1-17(19-8-4-2-5-9-19)27-21-14-12-18(13-15-21)16-22-23(26)25(24(28)29-22)20-10-6-3-7-11-20/h2-17H,1H3/b22-16+. The molecule has 0 saturated carbocycles. The van der Waals surface area contributed by atoms with Gasteiger partial charge < -0.3 is 4.74 Å². The predicted octanol–water partition coefficient (Wildman–Crippen LogP) is 6.23. The number of anilines is 1. The summed E-state index contributed by atoms with van der Waals surface area (Å²) in [6.45, 7) is 2.03. The van der Waals surface area contributed by atoms with Crippen LogP contribution in [0.25, 0.3) is 6.08 Å². The Morgan fingerprint density at radius 1 is 0.931 bits per heavy atom. The number of benzene rings is 3. The molecule has 1 atom stereocenters. The van der Waals surface area contributed by atoms with Crippen LogP contribution in [0.3, 0.4) is 0 Å². The van der Waals surface area contributed by atoms with Crippen LogP contribution in [0.1, 0.15) is 24.2 Å². The van der Waals surface area contributed by atoms with Crippen LogP contribution in [0.5, 0.6) is 5.75 Å². The fourth-order valence-electron chi connectivity index (χ4n) is 3.06. The largest absolute Gasteiger partial charge is 0.486 e. The number of nitrogens with zero attached hydrogens (tertiary/aromatic N) is 1. The zero-order chi connectivity index (χ0) is 20.2. The van der Waals surface area contributed by atoms with Crippen LogP contribution in [0, 0.1) is 0 Å². The van der Waals surface area contributed by atoms with Gasteiger partial charge in [-0.05, 0) is 48.4 Å². The summed E-state index contributed by atoms with van der Waals surface area (Å²) >= 11 is 6.74. The SMILES string of the molecule is CC(Oc1ccc(/C=C2/SC(=S)N(c3ccccc3)C2=O)cc1)c1ccccc1. The summed E-state index contributed by atoms with van der Waals surface area (Å²) in [5, 5.41) is 0. The number of carbonyl (C=O) groups excluding carboxylic acids is 1. The third-order valence-electron chi connectivity index (χ3n) is 4.57. The Morgan fingerprint density at radius 3 is 2.21 bits per heavy atom. The van der Waals surface area contributed by atoms with Gasteiger partial charge in [-0.25, -0.2) is 0 Å². The molecule has 29 heavy (non-hydrogen) atoms. The van der Waals surface area contributed by atoms with E-state index in [2.05, 4.69) is 0 Å². The summed E-state index contributed by atoms with van der Waals surface area (Å²) in [4.78, 5) is 15.0. The first-order valence-electron chi connectivity index (χ1n) is 9.26. The van der Waals surface area contributed by atoms with Crippen LogP contribution in [-0.4, -0.2) is 10.2 Å². The molecular weight excluding hydrogens is 398 g/mol. The maximum Gasteiger partial charge on any atom is 0.270 e. The van der Waals surface area contributed by atoms with Crippen molar-refractivity contribution in [3.63, 3.8) is 0 Å². The van der Waals surface area contributed by atoms with E-state index in [9.17, 15) is 4.79 Å². The Balaban J connectivity index is 1.48. The highest BCUT2D eigenvalue weighted by atomic mass is 32.2. The van der Waals surface area contributed by atoms with Gasteiger partial charge in [0.25, 0.3) is 5.91 Å². The van der Waals surface area contributed by atoms with E-state index in [1.54, 1.807) is 4.90 Å². The summed E-state index contributed by atoms with van der Waals surface area (Å²) in [5.41, 5.74) is 2.84. The van der Waals surface area contributed by atoms with Crippen molar-refractivity contribution >= 4 is 46.0 Å². The fourth-order valence-corrected chi connectivity index (χ4v) is 4.36. The molecule has 0 N–H and O–H groups in total. The minimum atomic E-state index is -0.0933. The molecule has 0 radical (unpaired) electrons. The Hall–Kier alpha value is -2.89. The van der Waals surface area contributed by atoms with Crippen molar-refractivity contribution in [1.82, 2.24) is 0 Å². The molecule has 4 rings (SSSR count). The molecule has 1 heterocycles. The van der Waals surface area contributed by atoms with Gasteiger partial charge in [0, 0.05) is 0 Å². The normalized spacial score (nSPS) is 16.3. The maximum absolute atomic E-state index is 12.8. The number of thioether (sulfide) groups is 1. The molecule has 0 aromatic heterocycles. The third-order valence-corrected chi connectivity index (χ3v) is 5.87. The molecule has 1 unspecified atom stereocenters. The fraction of sp³-hybridized carbons (Fsp3) is 0.0833. The lowest BCUT2D eigenvalue weighted by Gasteiger charge is -2.15. The van der Waals surface area contributed by atoms with Crippen LogP contribution in [0.15, 0.2) is 89.8 Å². The predicted molar refractivity (Wildman–Crippen MR) is 124 cm³/mol. The van der Waals surface area contributed by atoms with E-state index < -0.39 is 0 Å². The Bertz CT molecular complexity index is 1050. The number of rotatable bonds is 5. The number of carbonyl (C=O) groups is 1. The van der Waals surface area contributed by atoms with E-state index in [1.165, 1.54) is 11.8 Å². The quantitative estimate of drug-likeness (QED) is 0.363. The van der Waals surface area contributed by atoms with Crippen molar-refractivity contribution in [2.45, 2.75) is 13.0 Å². The van der Waals surface area contributed by atoms with Crippen LogP contribution >= 0.6 is 24.0 Å². The van der Waals surface area contributed by atoms with Crippen molar-refractivity contribution in [2.24, 2.45) is 0 Å². The smallest absolute Gasteiger partial charge is 0.270 e. The molecule has 0 aliphatic carbocycles. The van der Waals surface area contributed by atoms with Gasteiger partial charge in [0.1, 0.15) is 11.9 Å². The first-order chi connectivity index (χ1) is 14.1. The van der Waals surface area contributed by atoms with Crippen LogP contribution in [-0.2, 0) is 4.79 Å². The van der Waals surface area contributed by atoms with Gasteiger partial charge in [0.2, 0.25) is 0 Å². The number of para-hydroxylation sites is 1. The molecule has 3 aromatic carbocycles. The number of thiocarbonyl (C=S) groups is 1. The average molecular weight is 418 g/mol. The Kier molecular flexibility index (Phi) is 5.79. The average Bonchev–Trinajstić information content (AvgIpc) is 3.03. The van der Waals surface area contributed by atoms with Gasteiger partial charge in [-0.3, -0.25) is 9.69 Å². The van der Waals surface area contributed by atoms with Gasteiger partial charge in [0.05, 0.1) is 10.6 Å². The lowest BCUT2D eigenvalue weighted by atomic mass is 10.1. The monoisotopic (exact) mass is 417 g/mol. The molecule has 0 spiro atoms. The molecule has 0 bridgehead atoms. The van der Waals surface area contributed by atoms with E-state index in [0.717, 1.165) is 22.6 Å². The second-order valence-electron chi connectivity index (χ2n) is 6.59. The Morgan fingerprint density at radius 2 is 1.55 bits per heavy atom.